The maximum absolute atomic E-state index is 12.0. The zero-order valence-electron chi connectivity index (χ0n) is 9.19. The van der Waals surface area contributed by atoms with Gasteiger partial charge in [0.15, 0.2) is 5.69 Å². The summed E-state index contributed by atoms with van der Waals surface area (Å²) in [6.45, 7) is 5.65. The Morgan fingerprint density at radius 2 is 2.47 bits per heavy atom. The Bertz CT molecular complexity index is 359. The fraction of sp³-hybridized carbons (Fsp3) is 0.636. The topological polar surface area (TPSA) is 46.3 Å². The zero-order chi connectivity index (χ0) is 10.8. The summed E-state index contributed by atoms with van der Waals surface area (Å²) < 4.78 is 4.91. The molecule has 0 N–H and O–H groups in total. The first kappa shape index (κ1) is 10.2. The smallest absolute Gasteiger partial charge is 0.276 e. The van der Waals surface area contributed by atoms with Crippen LogP contribution in [0.2, 0.25) is 0 Å². The van der Waals surface area contributed by atoms with Crippen LogP contribution in [0.1, 0.15) is 36.0 Å². The summed E-state index contributed by atoms with van der Waals surface area (Å²) in [4.78, 5) is 13.8. The van der Waals surface area contributed by atoms with Gasteiger partial charge in [0.05, 0.1) is 0 Å². The minimum absolute atomic E-state index is 0.00148. The second kappa shape index (κ2) is 4.04. The number of nitrogens with zero attached hydrogens (tertiary/aromatic N) is 2. The highest BCUT2D eigenvalue weighted by Gasteiger charge is 2.23. The number of carbonyl (C=O) groups is 1. The van der Waals surface area contributed by atoms with Crippen LogP contribution in [-0.2, 0) is 0 Å². The standard InChI is InChI=1S/C11H16N2O2/c1-8-4-3-5-13(7-8)11(14)10-6-9(2)15-12-10/h6,8H,3-5,7H2,1-2H3. The molecule has 1 unspecified atom stereocenters. The summed E-state index contributed by atoms with van der Waals surface area (Å²) in [6.07, 6.45) is 2.30. The number of rotatable bonds is 1. The molecule has 1 aromatic heterocycles. The quantitative estimate of drug-likeness (QED) is 0.707. The summed E-state index contributed by atoms with van der Waals surface area (Å²) >= 11 is 0. The van der Waals surface area contributed by atoms with E-state index in [1.807, 2.05) is 4.90 Å². The van der Waals surface area contributed by atoms with Crippen LogP contribution in [-0.4, -0.2) is 29.1 Å². The van der Waals surface area contributed by atoms with Crippen molar-refractivity contribution < 1.29 is 9.32 Å². The van der Waals surface area contributed by atoms with E-state index in [4.69, 9.17) is 4.52 Å². The number of carbonyl (C=O) groups excluding carboxylic acids is 1. The normalized spacial score (nSPS) is 21.7. The van der Waals surface area contributed by atoms with Gasteiger partial charge in [0.1, 0.15) is 5.76 Å². The van der Waals surface area contributed by atoms with Gasteiger partial charge in [-0.2, -0.15) is 0 Å². The summed E-state index contributed by atoms with van der Waals surface area (Å²) in [5, 5.41) is 3.75. The molecule has 0 saturated carbocycles. The van der Waals surface area contributed by atoms with E-state index in [0.717, 1.165) is 19.5 Å². The van der Waals surface area contributed by atoms with Crippen LogP contribution in [0.4, 0.5) is 0 Å². The van der Waals surface area contributed by atoms with E-state index in [-0.39, 0.29) is 5.91 Å². The van der Waals surface area contributed by atoms with Crippen LogP contribution in [0.5, 0.6) is 0 Å². The highest BCUT2D eigenvalue weighted by molar-refractivity contribution is 5.92. The van der Waals surface area contributed by atoms with Crippen LogP contribution in [0.3, 0.4) is 0 Å². The van der Waals surface area contributed by atoms with Gasteiger partial charge in [-0.15, -0.1) is 0 Å². The van der Waals surface area contributed by atoms with Crippen molar-refractivity contribution in [2.24, 2.45) is 5.92 Å². The van der Waals surface area contributed by atoms with Gasteiger partial charge in [-0.3, -0.25) is 4.79 Å². The van der Waals surface area contributed by atoms with Crippen molar-refractivity contribution in [3.05, 3.63) is 17.5 Å². The monoisotopic (exact) mass is 208 g/mol. The first-order valence-electron chi connectivity index (χ1n) is 5.39. The highest BCUT2D eigenvalue weighted by Crippen LogP contribution is 2.17. The van der Waals surface area contributed by atoms with Crippen molar-refractivity contribution in [2.45, 2.75) is 26.7 Å². The van der Waals surface area contributed by atoms with E-state index in [9.17, 15) is 4.79 Å². The van der Waals surface area contributed by atoms with Crippen molar-refractivity contribution in [3.63, 3.8) is 0 Å². The molecule has 1 aromatic rings. The third-order valence-electron chi connectivity index (χ3n) is 2.79. The molecule has 82 valence electrons. The second-order valence-corrected chi connectivity index (χ2v) is 4.32. The molecule has 0 aliphatic carbocycles. The fourth-order valence-corrected chi connectivity index (χ4v) is 2.00. The molecule has 1 fully saturated rings. The molecule has 1 aliphatic heterocycles. The Labute approximate surface area is 89.2 Å². The minimum atomic E-state index is -0.00148. The Morgan fingerprint density at radius 3 is 3.07 bits per heavy atom. The lowest BCUT2D eigenvalue weighted by atomic mass is 10.00. The van der Waals surface area contributed by atoms with Gasteiger partial charge in [0.2, 0.25) is 0 Å². The Hall–Kier alpha value is -1.32. The maximum atomic E-state index is 12.0. The lowest BCUT2D eigenvalue weighted by molar-refractivity contribution is 0.0672. The van der Waals surface area contributed by atoms with E-state index >= 15 is 0 Å². The van der Waals surface area contributed by atoms with Gasteiger partial charge in [0.25, 0.3) is 5.91 Å². The lowest BCUT2D eigenvalue weighted by Gasteiger charge is -2.30. The molecule has 0 radical (unpaired) electrons. The Morgan fingerprint density at radius 1 is 1.67 bits per heavy atom. The van der Waals surface area contributed by atoms with E-state index < -0.39 is 0 Å². The molecule has 1 amide bonds. The van der Waals surface area contributed by atoms with Crippen molar-refractivity contribution >= 4 is 5.91 Å². The molecule has 1 atom stereocenters. The van der Waals surface area contributed by atoms with E-state index in [1.54, 1.807) is 13.0 Å². The predicted molar refractivity (Wildman–Crippen MR) is 55.5 cm³/mol. The number of hydrogen-bond acceptors (Lipinski definition) is 3. The first-order valence-corrected chi connectivity index (χ1v) is 5.39. The fourth-order valence-electron chi connectivity index (χ4n) is 2.00. The van der Waals surface area contributed by atoms with Crippen molar-refractivity contribution in [2.75, 3.05) is 13.1 Å². The first-order chi connectivity index (χ1) is 7.16. The molecular weight excluding hydrogens is 192 g/mol. The van der Waals surface area contributed by atoms with E-state index in [1.165, 1.54) is 6.42 Å². The molecule has 2 heterocycles. The third-order valence-corrected chi connectivity index (χ3v) is 2.79. The van der Waals surface area contributed by atoms with E-state index in [0.29, 0.717) is 17.4 Å². The lowest BCUT2D eigenvalue weighted by Crippen LogP contribution is -2.39. The zero-order valence-corrected chi connectivity index (χ0v) is 9.19. The number of piperidine rings is 1. The Kier molecular flexibility index (Phi) is 2.75. The Balaban J connectivity index is 2.07. The van der Waals surface area contributed by atoms with Crippen LogP contribution in [0, 0.1) is 12.8 Å². The second-order valence-electron chi connectivity index (χ2n) is 4.32. The molecule has 4 heteroatoms. The van der Waals surface area contributed by atoms with Crippen LogP contribution >= 0.6 is 0 Å². The van der Waals surface area contributed by atoms with Gasteiger partial charge < -0.3 is 9.42 Å². The van der Waals surface area contributed by atoms with Gasteiger partial charge in [-0.25, -0.2) is 0 Å². The number of amides is 1. The maximum Gasteiger partial charge on any atom is 0.276 e. The van der Waals surface area contributed by atoms with Crippen molar-refractivity contribution in [1.29, 1.82) is 0 Å². The molecule has 15 heavy (non-hydrogen) atoms. The van der Waals surface area contributed by atoms with Crippen LogP contribution in [0.15, 0.2) is 10.6 Å². The summed E-state index contributed by atoms with van der Waals surface area (Å²) in [5.41, 5.74) is 0.432. The van der Waals surface area contributed by atoms with E-state index in [2.05, 4.69) is 12.1 Å². The third kappa shape index (κ3) is 2.19. The van der Waals surface area contributed by atoms with Gasteiger partial charge >= 0.3 is 0 Å². The molecule has 1 saturated heterocycles. The molecule has 4 nitrogen and oxygen atoms in total. The molecule has 1 aliphatic rings. The van der Waals surface area contributed by atoms with Crippen molar-refractivity contribution in [1.82, 2.24) is 10.1 Å². The van der Waals surface area contributed by atoms with Crippen molar-refractivity contribution in [3.8, 4) is 0 Å². The molecule has 2 rings (SSSR count). The molecule has 0 bridgehead atoms. The summed E-state index contributed by atoms with van der Waals surface area (Å²) in [7, 11) is 0. The number of likely N-dealkylation sites (tertiary alicyclic amines) is 1. The number of hydrogen-bond donors (Lipinski definition) is 0. The molecule has 0 spiro atoms. The largest absolute Gasteiger partial charge is 0.361 e. The summed E-state index contributed by atoms with van der Waals surface area (Å²) in [6, 6.07) is 1.70. The van der Waals surface area contributed by atoms with Crippen LogP contribution in [0.25, 0.3) is 0 Å². The minimum Gasteiger partial charge on any atom is -0.361 e. The molecule has 0 aromatic carbocycles. The number of aromatic nitrogens is 1. The van der Waals surface area contributed by atoms with Gasteiger partial charge in [0, 0.05) is 19.2 Å². The van der Waals surface area contributed by atoms with Gasteiger partial charge in [-0.05, 0) is 25.7 Å². The number of aryl methyl sites for hydroxylation is 1. The molecular formula is C11H16N2O2. The average molecular weight is 208 g/mol. The van der Waals surface area contributed by atoms with Crippen LogP contribution < -0.4 is 0 Å². The van der Waals surface area contributed by atoms with Gasteiger partial charge in [-0.1, -0.05) is 12.1 Å². The highest BCUT2D eigenvalue weighted by atomic mass is 16.5. The average Bonchev–Trinajstić information content (AvgIpc) is 2.64. The SMILES string of the molecule is Cc1cc(C(=O)N2CCCC(C)C2)no1. The predicted octanol–water partition coefficient (Wildman–Crippen LogP) is 1.86. The summed E-state index contributed by atoms with van der Waals surface area (Å²) in [5.74, 6) is 1.28.